The van der Waals surface area contributed by atoms with Gasteiger partial charge in [-0.2, -0.15) is 0 Å². The van der Waals surface area contributed by atoms with Crippen LogP contribution in [0.15, 0.2) is 18.5 Å². The van der Waals surface area contributed by atoms with Gasteiger partial charge in [-0.1, -0.05) is 13.8 Å². The van der Waals surface area contributed by atoms with Crippen LogP contribution in [-0.2, 0) is 0 Å². The highest BCUT2D eigenvalue weighted by Gasteiger charge is 2.28. The molecule has 1 fully saturated rings. The largest absolute Gasteiger partial charge is 0.364 e. The first-order valence-electron chi connectivity index (χ1n) is 6.18. The average Bonchev–Trinajstić information content (AvgIpc) is 2.28. The first-order chi connectivity index (χ1) is 8.08. The molecule has 3 nitrogen and oxygen atoms in total. The van der Waals surface area contributed by atoms with Gasteiger partial charge in [0.15, 0.2) is 0 Å². The number of piperazine rings is 1. The molecule has 0 aliphatic carbocycles. The van der Waals surface area contributed by atoms with Crippen LogP contribution in [0.25, 0.3) is 0 Å². The van der Waals surface area contributed by atoms with Crippen LogP contribution in [0.2, 0.25) is 0 Å². The highest BCUT2D eigenvalue weighted by Crippen LogP contribution is 2.23. The molecule has 2 atom stereocenters. The maximum atomic E-state index is 13.2. The van der Waals surface area contributed by atoms with Gasteiger partial charge < -0.3 is 10.2 Å². The lowest BCUT2D eigenvalue weighted by atomic mass is 9.98. The summed E-state index contributed by atoms with van der Waals surface area (Å²) in [6.07, 6.45) is 3.00. The van der Waals surface area contributed by atoms with Gasteiger partial charge in [0.1, 0.15) is 5.82 Å². The van der Waals surface area contributed by atoms with E-state index < -0.39 is 0 Å². The summed E-state index contributed by atoms with van der Waals surface area (Å²) < 4.78 is 13.2. The van der Waals surface area contributed by atoms with Gasteiger partial charge in [-0.3, -0.25) is 4.98 Å². The molecule has 4 heteroatoms. The monoisotopic (exact) mass is 237 g/mol. The minimum absolute atomic E-state index is 0.267. The van der Waals surface area contributed by atoms with Gasteiger partial charge in [0.05, 0.1) is 18.1 Å². The Balaban J connectivity index is 2.25. The molecule has 0 radical (unpaired) electrons. The second-order valence-electron chi connectivity index (χ2n) is 5.13. The summed E-state index contributed by atoms with van der Waals surface area (Å²) in [5, 5.41) is 3.47. The highest BCUT2D eigenvalue weighted by atomic mass is 19.1. The fraction of sp³-hybridized carbons (Fsp3) is 0.615. The molecule has 2 heterocycles. The SMILES string of the molecule is CC1CN(c2cncc(F)c2)C(C(C)C)CN1. The molecule has 1 aliphatic rings. The number of aromatic nitrogens is 1. The fourth-order valence-electron chi connectivity index (χ4n) is 2.38. The van der Waals surface area contributed by atoms with E-state index in [9.17, 15) is 4.39 Å². The quantitative estimate of drug-likeness (QED) is 0.853. The lowest BCUT2D eigenvalue weighted by Crippen LogP contribution is -2.57. The van der Waals surface area contributed by atoms with Crippen molar-refractivity contribution in [3.8, 4) is 0 Å². The first-order valence-corrected chi connectivity index (χ1v) is 6.18. The van der Waals surface area contributed by atoms with Gasteiger partial charge in [-0.15, -0.1) is 0 Å². The van der Waals surface area contributed by atoms with Crippen LogP contribution in [-0.4, -0.2) is 30.2 Å². The van der Waals surface area contributed by atoms with Gasteiger partial charge in [-0.25, -0.2) is 4.39 Å². The van der Waals surface area contributed by atoms with Crippen LogP contribution in [0.3, 0.4) is 0 Å². The Morgan fingerprint density at radius 1 is 1.47 bits per heavy atom. The molecule has 0 bridgehead atoms. The Hall–Kier alpha value is -1.16. The molecule has 0 spiro atoms. The molecule has 1 aromatic heterocycles. The highest BCUT2D eigenvalue weighted by molar-refractivity contribution is 5.46. The minimum atomic E-state index is -0.267. The number of rotatable bonds is 2. The molecule has 1 N–H and O–H groups in total. The topological polar surface area (TPSA) is 28.2 Å². The second-order valence-corrected chi connectivity index (χ2v) is 5.13. The van der Waals surface area contributed by atoms with Crippen molar-refractivity contribution in [1.82, 2.24) is 10.3 Å². The Labute approximate surface area is 102 Å². The van der Waals surface area contributed by atoms with Crippen LogP contribution in [0, 0.1) is 11.7 Å². The zero-order chi connectivity index (χ0) is 12.4. The van der Waals surface area contributed by atoms with Crippen LogP contribution in [0.5, 0.6) is 0 Å². The van der Waals surface area contributed by atoms with Crippen molar-refractivity contribution in [3.05, 3.63) is 24.3 Å². The molecule has 0 saturated carbocycles. The Morgan fingerprint density at radius 2 is 2.24 bits per heavy atom. The van der Waals surface area contributed by atoms with Gasteiger partial charge in [-0.05, 0) is 12.8 Å². The molecule has 17 heavy (non-hydrogen) atoms. The third kappa shape index (κ3) is 2.75. The smallest absolute Gasteiger partial charge is 0.143 e. The van der Waals surface area contributed by atoms with Crippen LogP contribution >= 0.6 is 0 Å². The standard InChI is InChI=1S/C13H20FN3/c1-9(2)13-7-16-10(3)8-17(13)12-4-11(14)5-15-6-12/h4-6,9-10,13,16H,7-8H2,1-3H3. The molecular formula is C13H20FN3. The fourth-order valence-corrected chi connectivity index (χ4v) is 2.38. The van der Waals surface area contributed by atoms with Gasteiger partial charge >= 0.3 is 0 Å². The number of hydrogen-bond acceptors (Lipinski definition) is 3. The minimum Gasteiger partial charge on any atom is -0.364 e. The molecule has 2 unspecified atom stereocenters. The molecule has 1 saturated heterocycles. The van der Waals surface area contributed by atoms with E-state index in [1.807, 2.05) is 0 Å². The Bertz CT molecular complexity index is 381. The summed E-state index contributed by atoms with van der Waals surface area (Å²) in [5.74, 6) is 0.259. The molecule has 1 aliphatic heterocycles. The molecule has 0 aromatic carbocycles. The third-order valence-corrected chi connectivity index (χ3v) is 3.34. The number of pyridine rings is 1. The Morgan fingerprint density at radius 3 is 2.88 bits per heavy atom. The first kappa shape index (κ1) is 12.3. The summed E-state index contributed by atoms with van der Waals surface area (Å²) in [6, 6.07) is 2.39. The number of nitrogens with one attached hydrogen (secondary N) is 1. The lowest BCUT2D eigenvalue weighted by molar-refractivity contribution is 0.348. The summed E-state index contributed by atoms with van der Waals surface area (Å²) in [7, 11) is 0. The van der Waals surface area contributed by atoms with E-state index >= 15 is 0 Å². The van der Waals surface area contributed by atoms with Gasteiger partial charge in [0, 0.05) is 31.2 Å². The van der Waals surface area contributed by atoms with Crippen LogP contribution < -0.4 is 10.2 Å². The number of halogens is 1. The number of anilines is 1. The summed E-state index contributed by atoms with van der Waals surface area (Å²) in [5.41, 5.74) is 0.886. The number of hydrogen-bond donors (Lipinski definition) is 1. The third-order valence-electron chi connectivity index (χ3n) is 3.34. The Kier molecular flexibility index (Phi) is 3.62. The zero-order valence-corrected chi connectivity index (χ0v) is 10.7. The van der Waals surface area contributed by atoms with E-state index in [-0.39, 0.29) is 5.82 Å². The van der Waals surface area contributed by atoms with E-state index in [0.29, 0.717) is 18.0 Å². The summed E-state index contributed by atoms with van der Waals surface area (Å²) in [6.45, 7) is 8.38. The molecule has 94 valence electrons. The van der Waals surface area contributed by atoms with Crippen LogP contribution in [0.1, 0.15) is 20.8 Å². The maximum Gasteiger partial charge on any atom is 0.143 e. The van der Waals surface area contributed by atoms with E-state index in [4.69, 9.17) is 0 Å². The average molecular weight is 237 g/mol. The maximum absolute atomic E-state index is 13.2. The predicted octanol–water partition coefficient (Wildman–Crippen LogP) is 2.04. The second kappa shape index (κ2) is 5.00. The van der Waals surface area contributed by atoms with Crippen molar-refractivity contribution in [2.45, 2.75) is 32.9 Å². The van der Waals surface area contributed by atoms with E-state index in [1.165, 1.54) is 6.20 Å². The number of nitrogens with zero attached hydrogens (tertiary/aromatic N) is 2. The summed E-state index contributed by atoms with van der Waals surface area (Å²) in [4.78, 5) is 6.21. The van der Waals surface area contributed by atoms with E-state index in [1.54, 1.807) is 12.3 Å². The molecule has 0 amide bonds. The summed E-state index contributed by atoms with van der Waals surface area (Å²) >= 11 is 0. The molecular weight excluding hydrogens is 217 g/mol. The van der Waals surface area contributed by atoms with E-state index in [0.717, 1.165) is 18.8 Å². The zero-order valence-electron chi connectivity index (χ0n) is 10.7. The van der Waals surface area contributed by atoms with Crippen molar-refractivity contribution < 1.29 is 4.39 Å². The lowest BCUT2D eigenvalue weighted by Gasteiger charge is -2.42. The van der Waals surface area contributed by atoms with Crippen LogP contribution in [0.4, 0.5) is 10.1 Å². The molecule has 1 aromatic rings. The van der Waals surface area contributed by atoms with Gasteiger partial charge in [0.2, 0.25) is 0 Å². The van der Waals surface area contributed by atoms with E-state index in [2.05, 4.69) is 36.0 Å². The van der Waals surface area contributed by atoms with Crippen molar-refractivity contribution in [3.63, 3.8) is 0 Å². The van der Waals surface area contributed by atoms with Crippen molar-refractivity contribution >= 4 is 5.69 Å². The van der Waals surface area contributed by atoms with Crippen molar-refractivity contribution in [2.75, 3.05) is 18.0 Å². The molecule has 2 rings (SSSR count). The van der Waals surface area contributed by atoms with Crippen molar-refractivity contribution in [1.29, 1.82) is 0 Å². The predicted molar refractivity (Wildman–Crippen MR) is 67.6 cm³/mol. The van der Waals surface area contributed by atoms with Crippen molar-refractivity contribution in [2.24, 2.45) is 5.92 Å². The van der Waals surface area contributed by atoms with Gasteiger partial charge in [0.25, 0.3) is 0 Å². The normalized spacial score (nSPS) is 25.4.